The van der Waals surface area contributed by atoms with Crippen molar-refractivity contribution >= 4 is 58.9 Å². The summed E-state index contributed by atoms with van der Waals surface area (Å²) in [5, 5.41) is 0. The van der Waals surface area contributed by atoms with Crippen LogP contribution in [0.2, 0.25) is 0 Å². The van der Waals surface area contributed by atoms with Gasteiger partial charge in [-0.05, 0) is 196 Å². The molecule has 4 fully saturated rings. The molecule has 4 aliphatic rings. The van der Waals surface area contributed by atoms with Crippen LogP contribution in [0.25, 0.3) is 0 Å². The van der Waals surface area contributed by atoms with Crippen molar-refractivity contribution < 1.29 is 47.9 Å². The van der Waals surface area contributed by atoms with Crippen molar-refractivity contribution in [1.29, 1.82) is 0 Å². The summed E-state index contributed by atoms with van der Waals surface area (Å²) in [6.07, 6.45) is 80.6. The Hall–Kier alpha value is -6.75. The van der Waals surface area contributed by atoms with E-state index in [0.29, 0.717) is 152 Å². The number of amides is 9. The number of ether oxygens (including phenoxy) is 1. The molecule has 4 unspecified atom stereocenters. The highest BCUT2D eigenvalue weighted by Crippen LogP contribution is 2.32. The highest BCUT2D eigenvalue weighted by Gasteiger charge is 2.40. The van der Waals surface area contributed by atoms with Gasteiger partial charge in [0.25, 0.3) is 5.91 Å². The topological polar surface area (TPSA) is 293 Å². The number of imide groups is 1. The zero-order valence-electron chi connectivity index (χ0n) is 91.6. The number of methoxy groups -OCH3 is 1. The van der Waals surface area contributed by atoms with Crippen molar-refractivity contribution in [1.82, 2.24) is 34.3 Å². The first-order chi connectivity index (χ1) is 68.1. The highest BCUT2D eigenvalue weighted by atomic mass is 16.5. The first-order valence-electron chi connectivity index (χ1n) is 58.1. The molecule has 0 spiro atoms. The molecule has 0 aromatic heterocycles. The number of allylic oxidation sites excluding steroid dienone is 2. The van der Waals surface area contributed by atoms with Gasteiger partial charge in [0, 0.05) is 114 Å². The van der Waals surface area contributed by atoms with Crippen LogP contribution in [0.3, 0.4) is 0 Å². The summed E-state index contributed by atoms with van der Waals surface area (Å²) in [4.78, 5) is 129. The van der Waals surface area contributed by atoms with Crippen molar-refractivity contribution in [3.63, 3.8) is 0 Å². The Kier molecular flexibility index (Phi) is 80.9. The summed E-state index contributed by atoms with van der Waals surface area (Å²) in [6, 6.07) is 6.80. The Bertz CT molecular complexity index is 3430. The monoisotopic (exact) mass is 1960 g/mol. The lowest BCUT2D eigenvalue weighted by Gasteiger charge is -2.23. The lowest BCUT2D eigenvalue weighted by molar-refractivity contribution is -0.121. The maximum absolute atomic E-state index is 13.1. The van der Waals surface area contributed by atoms with Crippen LogP contribution >= 0.6 is 0 Å². The van der Waals surface area contributed by atoms with E-state index < -0.39 is 0 Å². The van der Waals surface area contributed by atoms with Gasteiger partial charge in [-0.15, -0.1) is 0 Å². The van der Waals surface area contributed by atoms with Crippen LogP contribution < -0.4 is 32.6 Å². The van der Waals surface area contributed by atoms with Gasteiger partial charge in [0.15, 0.2) is 0 Å². The van der Waals surface area contributed by atoms with Crippen LogP contribution in [-0.4, -0.2) is 193 Å². The van der Waals surface area contributed by atoms with Crippen molar-refractivity contribution in [2.75, 3.05) is 110 Å². The molecule has 806 valence electrons. The second-order valence-corrected chi connectivity index (χ2v) is 41.6. The van der Waals surface area contributed by atoms with Crippen LogP contribution in [-0.2, 0) is 24.0 Å². The number of nitrogens with zero attached hydrogens (tertiary/aromatic N) is 8. The highest BCUT2D eigenvalue weighted by molar-refractivity contribution is 6.19. The minimum absolute atomic E-state index is 0.0469. The van der Waals surface area contributed by atoms with Gasteiger partial charge in [-0.3, -0.25) is 38.7 Å². The zero-order valence-corrected chi connectivity index (χ0v) is 91.6. The molecule has 5 rings (SSSR count). The normalized spacial score (nSPS) is 14.8. The molecule has 1 aromatic carbocycles. The molecule has 0 aliphatic carbocycles. The van der Waals surface area contributed by atoms with E-state index in [1.165, 1.54) is 223 Å². The number of hydrogen-bond acceptors (Lipinski definition) is 14. The van der Waals surface area contributed by atoms with E-state index in [1.807, 2.05) is 29.4 Å². The third-order valence-electron chi connectivity index (χ3n) is 28.5. The lowest BCUT2D eigenvalue weighted by Crippen LogP contribution is -2.36. The number of ketones is 4. The molecule has 4 aliphatic heterocycles. The molecule has 0 radical (unpaired) electrons. The predicted octanol–water partition coefficient (Wildman–Crippen LogP) is 29.0. The van der Waals surface area contributed by atoms with Gasteiger partial charge in [-0.1, -0.05) is 344 Å². The molecular weight excluding hydrogens is 1750 g/mol. The molecule has 0 saturated carbocycles. The smallest absolute Gasteiger partial charge is 0.331 e. The number of nitrogens with two attached hydrogens (primary N) is 4. The number of rotatable bonds is 90. The SMILES string of the molecule is C=C1CN(CC(CCCCN)CC(=O)CCCCCCC/C=C/CCCCCCCC)C(=O)N1CCCC.C=C1CN(CC(CCCCN)CC(=O)CCCCCCCCC)C(=O)N1CCCC.C=C1CN(CC(CCCCN)CC(=O)CCCCCCCCCCC)C(=O)N1CCCC.CCCCCCCCCCCCCCCC(=O)CC(CCCCN)CN1CC(=O)N(c2ccc(OC)cc2)C1=O. The van der Waals surface area contributed by atoms with Crippen LogP contribution in [0, 0.1) is 23.7 Å². The second kappa shape index (κ2) is 87.6. The minimum Gasteiger partial charge on any atom is -0.497 e. The molecule has 8 N–H and O–H groups in total. The molecule has 140 heavy (non-hydrogen) atoms. The number of unbranched alkanes of at least 4 members (excludes halogenated alkanes) is 44. The fourth-order valence-electron chi connectivity index (χ4n) is 19.8. The number of anilines is 1. The minimum atomic E-state index is -0.317. The zero-order chi connectivity index (χ0) is 103. The predicted molar refractivity (Wildman–Crippen MR) is 589 cm³/mol. The van der Waals surface area contributed by atoms with Crippen LogP contribution in [0.1, 0.15) is 485 Å². The molecule has 4 atom stereocenters. The summed E-state index contributed by atoms with van der Waals surface area (Å²) < 4.78 is 5.18. The van der Waals surface area contributed by atoms with E-state index in [9.17, 15) is 43.2 Å². The lowest BCUT2D eigenvalue weighted by atomic mass is 9.93. The number of carbonyl (C=O) groups excluding carboxylic acids is 9. The Morgan fingerprint density at radius 1 is 0.300 bits per heavy atom. The van der Waals surface area contributed by atoms with Crippen molar-refractivity contribution in [3.8, 4) is 5.75 Å². The summed E-state index contributed by atoms with van der Waals surface area (Å²) in [6.45, 7) is 36.9. The maximum atomic E-state index is 13.1. The van der Waals surface area contributed by atoms with Gasteiger partial charge >= 0.3 is 24.1 Å². The molecular formula is C118H214N12O10. The van der Waals surface area contributed by atoms with E-state index in [2.05, 4.69) is 80.4 Å². The Morgan fingerprint density at radius 2 is 0.529 bits per heavy atom. The standard InChI is InChI=1S/C33H55N3O4.C33H61N3O2.C27H51N3O2.C25H47N3O2/c1-3-4-5-6-7-8-9-10-11-12-13-14-15-19-30(37)25-28(18-16-17-24-34)26-35-27-32(38)36(33(35)39)29-20-22-31(40-2)23-21-29;1-4-6-8-9-10-11-12-13-14-15-16-17-18-19-20-24-32(37)27-31(23-21-22-25-34)29-35-28-30(3)36(33(35)38)26-7-5-2;1-4-6-8-9-10-11-12-13-14-18-26(31)21-25(17-15-16-19-28)23-29-22-24(3)30(27(29)32)20-7-5-2;1-4-6-8-9-10-11-12-16-24(29)19-23(15-13-14-17-26)21-27-20-22(3)28(25(27)30)18-7-5-2/h20-23,28H,3-19,24-27,34H2,1-2H3;13-14,31H,3-12,15-29,34H2,1-2H3;25H,3-23,28H2,1-2H3;23H,3-21,26H2,1-2H3/b;14-13+;;. The molecule has 4 heterocycles. The van der Waals surface area contributed by atoms with Crippen molar-refractivity contribution in [2.24, 2.45) is 46.6 Å². The summed E-state index contributed by atoms with van der Waals surface area (Å²) in [5.74, 6) is 2.50. The van der Waals surface area contributed by atoms with Gasteiger partial charge in [-0.2, -0.15) is 0 Å². The largest absolute Gasteiger partial charge is 0.497 e. The van der Waals surface area contributed by atoms with Gasteiger partial charge in [-0.25, -0.2) is 24.1 Å². The number of urea groups is 4. The van der Waals surface area contributed by atoms with E-state index in [1.54, 1.807) is 36.3 Å². The Labute approximate surface area is 857 Å². The average Bonchev–Trinajstić information content (AvgIpc) is 1.61. The van der Waals surface area contributed by atoms with Gasteiger partial charge in [0.1, 0.15) is 35.4 Å². The van der Waals surface area contributed by atoms with E-state index in [0.717, 1.165) is 204 Å². The summed E-state index contributed by atoms with van der Waals surface area (Å²) in [7, 11) is 1.58. The number of Topliss-reactive ketones (excluding diaryl/α,β-unsaturated/α-hetero) is 4. The fraction of sp³-hybridized carbons (Fsp3) is 0.805. The van der Waals surface area contributed by atoms with Crippen molar-refractivity contribution in [2.45, 2.75) is 485 Å². The molecule has 9 amide bonds. The Balaban J connectivity index is 0.000000635. The van der Waals surface area contributed by atoms with Crippen LogP contribution in [0.4, 0.5) is 24.9 Å². The van der Waals surface area contributed by atoms with E-state index in [-0.39, 0.29) is 66.0 Å². The maximum Gasteiger partial charge on any atom is 0.331 e. The van der Waals surface area contributed by atoms with Crippen LogP contribution in [0.5, 0.6) is 5.75 Å². The molecule has 4 saturated heterocycles. The summed E-state index contributed by atoms with van der Waals surface area (Å²) >= 11 is 0. The van der Waals surface area contributed by atoms with Gasteiger partial charge < -0.3 is 47.3 Å². The first kappa shape index (κ1) is 129. The molecule has 0 bridgehead atoms. The number of hydrogen-bond donors (Lipinski definition) is 4. The summed E-state index contributed by atoms with van der Waals surface area (Å²) in [5.41, 5.74) is 25.9. The third-order valence-corrected chi connectivity index (χ3v) is 28.5. The number of benzene rings is 1. The quantitative estimate of drug-likeness (QED) is 0.0268. The molecule has 1 aromatic rings. The second-order valence-electron chi connectivity index (χ2n) is 41.6. The average molecular weight is 1960 g/mol. The molecule has 22 nitrogen and oxygen atoms in total. The van der Waals surface area contributed by atoms with Gasteiger partial charge in [0.2, 0.25) is 0 Å². The number of carbonyl (C=O) groups is 9. The van der Waals surface area contributed by atoms with Crippen molar-refractivity contribution in [3.05, 3.63) is 73.2 Å². The van der Waals surface area contributed by atoms with Gasteiger partial charge in [0.05, 0.1) is 32.4 Å². The van der Waals surface area contributed by atoms with E-state index >= 15 is 0 Å². The third kappa shape index (κ3) is 62.2. The van der Waals surface area contributed by atoms with Crippen LogP contribution in [0.15, 0.2) is 73.2 Å². The van der Waals surface area contributed by atoms with E-state index in [4.69, 9.17) is 27.7 Å². The fourth-order valence-corrected chi connectivity index (χ4v) is 19.8. The first-order valence-corrected chi connectivity index (χ1v) is 58.1. The molecule has 22 heteroatoms. The Morgan fingerprint density at radius 3 is 0.764 bits per heavy atom.